The number of thioether (sulfide) groups is 1. The van der Waals surface area contributed by atoms with E-state index in [4.69, 9.17) is 0 Å². The second kappa shape index (κ2) is 5.97. The molecule has 0 aliphatic heterocycles. The van der Waals surface area contributed by atoms with Crippen LogP contribution in [0, 0.1) is 13.8 Å². The summed E-state index contributed by atoms with van der Waals surface area (Å²) in [5.74, 6) is 0.326. The molecule has 2 rings (SSSR count). The highest BCUT2D eigenvalue weighted by atomic mass is 32.2. The van der Waals surface area contributed by atoms with Crippen LogP contribution in [0.5, 0.6) is 0 Å². The van der Waals surface area contributed by atoms with E-state index in [2.05, 4.69) is 15.5 Å². The average molecular weight is 279 g/mol. The van der Waals surface area contributed by atoms with Gasteiger partial charge in [0.1, 0.15) is 5.51 Å². The van der Waals surface area contributed by atoms with Crippen LogP contribution in [0.15, 0.2) is 28.0 Å². The summed E-state index contributed by atoms with van der Waals surface area (Å²) in [5.41, 5.74) is 4.73. The number of anilines is 1. The maximum atomic E-state index is 11.8. The molecule has 0 radical (unpaired) electrons. The van der Waals surface area contributed by atoms with Crippen molar-refractivity contribution in [2.45, 2.75) is 18.2 Å². The Bertz CT molecular complexity index is 540. The van der Waals surface area contributed by atoms with Gasteiger partial charge in [-0.15, -0.1) is 10.2 Å². The van der Waals surface area contributed by atoms with Crippen LogP contribution in [0.2, 0.25) is 0 Å². The summed E-state index contributed by atoms with van der Waals surface area (Å²) in [4.78, 5) is 11.8. The molecule has 1 aromatic carbocycles. The van der Waals surface area contributed by atoms with Gasteiger partial charge in [-0.25, -0.2) is 0 Å². The lowest BCUT2D eigenvalue weighted by molar-refractivity contribution is -0.113. The van der Waals surface area contributed by atoms with Gasteiger partial charge in [-0.2, -0.15) is 0 Å². The molecule has 0 spiro atoms. The number of nitrogens with one attached hydrogen (secondary N) is 1. The van der Waals surface area contributed by atoms with E-state index in [1.165, 1.54) is 23.1 Å². The predicted octanol–water partition coefficient (Wildman–Crippen LogP) is 2.89. The molecule has 0 saturated carbocycles. The summed E-state index contributed by atoms with van der Waals surface area (Å²) < 4.78 is 0.811. The first-order chi connectivity index (χ1) is 8.65. The minimum Gasteiger partial charge on any atom is -0.325 e. The van der Waals surface area contributed by atoms with Crippen molar-refractivity contribution in [2.24, 2.45) is 0 Å². The van der Waals surface area contributed by atoms with Gasteiger partial charge in [0.25, 0.3) is 0 Å². The molecule has 0 aliphatic rings. The Balaban J connectivity index is 1.92. The second-order valence-electron chi connectivity index (χ2n) is 3.86. The molecule has 6 heteroatoms. The Hall–Kier alpha value is -1.40. The van der Waals surface area contributed by atoms with Crippen molar-refractivity contribution in [1.29, 1.82) is 0 Å². The molecule has 18 heavy (non-hydrogen) atoms. The fraction of sp³-hybridized carbons (Fsp3) is 0.250. The highest BCUT2D eigenvalue weighted by Crippen LogP contribution is 2.20. The van der Waals surface area contributed by atoms with E-state index in [1.807, 2.05) is 32.0 Å². The SMILES string of the molecule is Cc1ccc(C)c(NC(=O)CSc2nncs2)c1. The largest absolute Gasteiger partial charge is 0.325 e. The molecule has 2 aromatic rings. The summed E-state index contributed by atoms with van der Waals surface area (Å²) in [6.07, 6.45) is 0. The molecule has 4 nitrogen and oxygen atoms in total. The Morgan fingerprint density at radius 3 is 3.00 bits per heavy atom. The lowest BCUT2D eigenvalue weighted by atomic mass is 10.1. The molecule has 1 amide bonds. The third-order valence-electron chi connectivity index (χ3n) is 2.33. The summed E-state index contributed by atoms with van der Waals surface area (Å²) in [5, 5.41) is 10.5. The smallest absolute Gasteiger partial charge is 0.234 e. The number of hydrogen-bond donors (Lipinski definition) is 1. The maximum absolute atomic E-state index is 11.8. The van der Waals surface area contributed by atoms with Crippen LogP contribution >= 0.6 is 23.1 Å². The normalized spacial score (nSPS) is 10.3. The van der Waals surface area contributed by atoms with Crippen molar-refractivity contribution in [3.63, 3.8) is 0 Å². The van der Waals surface area contributed by atoms with Gasteiger partial charge < -0.3 is 5.32 Å². The van der Waals surface area contributed by atoms with Crippen molar-refractivity contribution in [3.8, 4) is 0 Å². The van der Waals surface area contributed by atoms with Crippen molar-refractivity contribution in [2.75, 3.05) is 11.1 Å². The first kappa shape index (κ1) is 13.0. The lowest BCUT2D eigenvalue weighted by Crippen LogP contribution is -2.14. The van der Waals surface area contributed by atoms with Crippen LogP contribution in [0.4, 0.5) is 5.69 Å². The molecule has 1 heterocycles. The number of carbonyl (C=O) groups is 1. The van der Waals surface area contributed by atoms with Crippen LogP contribution in [0.25, 0.3) is 0 Å². The van der Waals surface area contributed by atoms with Crippen LogP contribution in [0.1, 0.15) is 11.1 Å². The van der Waals surface area contributed by atoms with E-state index < -0.39 is 0 Å². The van der Waals surface area contributed by atoms with Crippen molar-refractivity contribution in [3.05, 3.63) is 34.8 Å². The van der Waals surface area contributed by atoms with Crippen molar-refractivity contribution in [1.82, 2.24) is 10.2 Å². The maximum Gasteiger partial charge on any atom is 0.234 e. The molecule has 0 fully saturated rings. The molecule has 0 unspecified atom stereocenters. The standard InChI is InChI=1S/C12H13N3OS2/c1-8-3-4-9(2)10(5-8)14-11(16)6-17-12-15-13-7-18-12/h3-5,7H,6H2,1-2H3,(H,14,16). The number of aryl methyl sites for hydroxylation is 2. The summed E-state index contributed by atoms with van der Waals surface area (Å²) in [7, 11) is 0. The number of aromatic nitrogens is 2. The number of benzene rings is 1. The zero-order valence-corrected chi connectivity index (χ0v) is 11.8. The van der Waals surface area contributed by atoms with Crippen LogP contribution in [-0.4, -0.2) is 21.9 Å². The fourth-order valence-corrected chi connectivity index (χ4v) is 2.70. The topological polar surface area (TPSA) is 54.9 Å². The lowest BCUT2D eigenvalue weighted by Gasteiger charge is -2.08. The van der Waals surface area contributed by atoms with Crippen LogP contribution < -0.4 is 5.32 Å². The van der Waals surface area contributed by atoms with Crippen LogP contribution in [-0.2, 0) is 4.79 Å². The van der Waals surface area contributed by atoms with E-state index in [1.54, 1.807) is 5.51 Å². The zero-order valence-electron chi connectivity index (χ0n) is 10.1. The third-order valence-corrected chi connectivity index (χ3v) is 4.19. The molecular weight excluding hydrogens is 266 g/mol. The molecule has 0 bridgehead atoms. The molecular formula is C12H13N3OS2. The Morgan fingerprint density at radius 2 is 2.28 bits per heavy atom. The van der Waals surface area contributed by atoms with Gasteiger partial charge in [0.2, 0.25) is 5.91 Å². The number of hydrogen-bond acceptors (Lipinski definition) is 5. The Morgan fingerprint density at radius 1 is 1.44 bits per heavy atom. The monoisotopic (exact) mass is 279 g/mol. The van der Waals surface area contributed by atoms with Gasteiger partial charge in [-0.1, -0.05) is 35.2 Å². The zero-order chi connectivity index (χ0) is 13.0. The minimum absolute atomic E-state index is 0.0242. The van der Waals surface area contributed by atoms with E-state index >= 15 is 0 Å². The Kier molecular flexibility index (Phi) is 4.33. The molecule has 94 valence electrons. The van der Waals surface area contributed by atoms with Gasteiger partial charge in [0.05, 0.1) is 5.75 Å². The summed E-state index contributed by atoms with van der Waals surface area (Å²) >= 11 is 2.83. The number of rotatable bonds is 4. The first-order valence-electron chi connectivity index (χ1n) is 5.41. The van der Waals surface area contributed by atoms with Gasteiger partial charge in [0, 0.05) is 5.69 Å². The van der Waals surface area contributed by atoms with Gasteiger partial charge in [-0.3, -0.25) is 4.79 Å². The van der Waals surface area contributed by atoms with Gasteiger partial charge in [0.15, 0.2) is 4.34 Å². The van der Waals surface area contributed by atoms with E-state index in [0.717, 1.165) is 21.2 Å². The summed E-state index contributed by atoms with van der Waals surface area (Å²) in [6.45, 7) is 3.98. The van der Waals surface area contributed by atoms with E-state index in [9.17, 15) is 4.79 Å². The van der Waals surface area contributed by atoms with E-state index in [-0.39, 0.29) is 5.91 Å². The minimum atomic E-state index is -0.0242. The number of amides is 1. The highest BCUT2D eigenvalue weighted by Gasteiger charge is 2.07. The number of carbonyl (C=O) groups excluding carboxylic acids is 1. The quantitative estimate of drug-likeness (QED) is 0.874. The predicted molar refractivity (Wildman–Crippen MR) is 75.2 cm³/mol. The van der Waals surface area contributed by atoms with Crippen LogP contribution in [0.3, 0.4) is 0 Å². The third kappa shape index (κ3) is 3.54. The molecule has 1 aromatic heterocycles. The molecule has 0 aliphatic carbocycles. The summed E-state index contributed by atoms with van der Waals surface area (Å²) in [6, 6.07) is 6.01. The average Bonchev–Trinajstić information content (AvgIpc) is 2.84. The highest BCUT2D eigenvalue weighted by molar-refractivity contribution is 8.01. The molecule has 0 atom stereocenters. The first-order valence-corrected chi connectivity index (χ1v) is 7.28. The fourth-order valence-electron chi connectivity index (χ4n) is 1.41. The second-order valence-corrected chi connectivity index (χ2v) is 5.92. The Labute approximate surface area is 114 Å². The van der Waals surface area contributed by atoms with Gasteiger partial charge >= 0.3 is 0 Å². The van der Waals surface area contributed by atoms with Crippen molar-refractivity contribution >= 4 is 34.7 Å². The molecule has 0 saturated heterocycles. The number of nitrogens with zero attached hydrogens (tertiary/aromatic N) is 2. The van der Waals surface area contributed by atoms with Gasteiger partial charge in [-0.05, 0) is 31.0 Å². The molecule has 1 N–H and O–H groups in total. The van der Waals surface area contributed by atoms with Crippen molar-refractivity contribution < 1.29 is 4.79 Å². The van der Waals surface area contributed by atoms with E-state index in [0.29, 0.717) is 5.75 Å².